The highest BCUT2D eigenvalue weighted by molar-refractivity contribution is 7.47. The van der Waals surface area contributed by atoms with E-state index >= 15 is 0 Å². The highest BCUT2D eigenvalue weighted by Crippen LogP contribution is 2.45. The zero-order chi connectivity index (χ0) is 75.3. The van der Waals surface area contributed by atoms with Gasteiger partial charge in [-0.05, 0) is 49.4 Å². The number of unbranched alkanes of at least 4 members (excludes halogenated alkanes) is 45. The molecule has 0 fully saturated rings. The quantitative estimate of drug-likeness (QED) is 0.0222. The summed E-state index contributed by atoms with van der Waals surface area (Å²) < 4.78 is 68.8. The number of phosphoric ester groups is 2. The van der Waals surface area contributed by atoms with Crippen molar-refractivity contribution in [2.75, 3.05) is 39.6 Å². The Morgan fingerprint density at radius 3 is 0.696 bits per heavy atom. The topological polar surface area (TPSA) is 237 Å². The van der Waals surface area contributed by atoms with Crippen LogP contribution >= 0.6 is 15.6 Å². The summed E-state index contributed by atoms with van der Waals surface area (Å²) in [5, 5.41) is 10.7. The van der Waals surface area contributed by atoms with Crippen molar-refractivity contribution in [3.05, 3.63) is 0 Å². The number of carbonyl (C=O) groups is 4. The van der Waals surface area contributed by atoms with E-state index in [0.29, 0.717) is 31.6 Å². The molecule has 17 nitrogen and oxygen atoms in total. The largest absolute Gasteiger partial charge is 0.472 e. The van der Waals surface area contributed by atoms with Crippen LogP contribution in [0, 0.1) is 23.7 Å². The normalized spacial score (nSPS) is 14.3. The van der Waals surface area contributed by atoms with E-state index in [1.807, 2.05) is 0 Å². The zero-order valence-electron chi connectivity index (χ0n) is 67.2. The second-order valence-electron chi connectivity index (χ2n) is 31.5. The Kier molecular flexibility index (Phi) is 70.6. The van der Waals surface area contributed by atoms with E-state index in [0.717, 1.165) is 114 Å². The van der Waals surface area contributed by atoms with Gasteiger partial charge in [0.1, 0.15) is 19.3 Å². The van der Waals surface area contributed by atoms with Crippen LogP contribution in [-0.4, -0.2) is 96.7 Å². The molecule has 3 N–H and O–H groups in total. The number of carbonyl (C=O) groups excluding carboxylic acids is 4. The van der Waals surface area contributed by atoms with Crippen LogP contribution in [0.25, 0.3) is 0 Å². The van der Waals surface area contributed by atoms with Crippen LogP contribution in [0.2, 0.25) is 0 Å². The lowest BCUT2D eigenvalue weighted by Gasteiger charge is -2.21. The predicted octanol–water partition coefficient (Wildman–Crippen LogP) is 24.8. The predicted molar refractivity (Wildman–Crippen MR) is 418 cm³/mol. The van der Waals surface area contributed by atoms with Gasteiger partial charge >= 0.3 is 39.5 Å². The first kappa shape index (κ1) is 100. The van der Waals surface area contributed by atoms with Crippen LogP contribution in [0.4, 0.5) is 0 Å². The number of hydrogen-bond acceptors (Lipinski definition) is 15. The highest BCUT2D eigenvalue weighted by Gasteiger charge is 2.30. The lowest BCUT2D eigenvalue weighted by molar-refractivity contribution is -0.161. The fourth-order valence-corrected chi connectivity index (χ4v) is 14.3. The molecule has 0 bridgehead atoms. The highest BCUT2D eigenvalue weighted by atomic mass is 31.2. The summed E-state index contributed by atoms with van der Waals surface area (Å²) in [5.41, 5.74) is 0. The van der Waals surface area contributed by atoms with Crippen LogP contribution in [0.5, 0.6) is 0 Å². The van der Waals surface area contributed by atoms with Crippen molar-refractivity contribution in [3.8, 4) is 0 Å². The van der Waals surface area contributed by atoms with Gasteiger partial charge < -0.3 is 33.8 Å². The van der Waals surface area contributed by atoms with Crippen LogP contribution in [0.3, 0.4) is 0 Å². The number of aliphatic hydroxyl groups excluding tert-OH is 1. The van der Waals surface area contributed by atoms with Crippen molar-refractivity contribution in [1.82, 2.24) is 0 Å². The molecule has 0 rings (SSSR count). The SMILES string of the molecule is CCC(C)CCCCCCCCCCCCCCCCC(=O)OC[C@H](COP(=O)(O)OCC(O)COP(=O)(O)OC[C@@H](COC(=O)CCCCCCCCCC(C)C)OC(=O)CCCCCCCCCCCCCCCCCC(C)C)OC(=O)CCCCCCCCCCCCCCCC(C)C. The molecule has 0 aliphatic carbocycles. The second kappa shape index (κ2) is 72.0. The van der Waals surface area contributed by atoms with Crippen molar-refractivity contribution >= 4 is 39.5 Å². The van der Waals surface area contributed by atoms with Crippen LogP contribution < -0.4 is 0 Å². The third-order valence-corrected chi connectivity index (χ3v) is 21.6. The molecule has 0 heterocycles. The molecule has 606 valence electrons. The van der Waals surface area contributed by atoms with Gasteiger partial charge in [0.2, 0.25) is 0 Å². The van der Waals surface area contributed by atoms with Gasteiger partial charge in [0.25, 0.3) is 0 Å². The van der Waals surface area contributed by atoms with E-state index in [-0.39, 0.29) is 25.7 Å². The minimum atomic E-state index is -4.96. The summed E-state index contributed by atoms with van der Waals surface area (Å²) in [6.07, 6.45) is 59.6. The summed E-state index contributed by atoms with van der Waals surface area (Å²) in [6.45, 7) is 14.3. The lowest BCUT2D eigenvalue weighted by Crippen LogP contribution is -2.30. The van der Waals surface area contributed by atoms with Gasteiger partial charge in [-0.15, -0.1) is 0 Å². The van der Waals surface area contributed by atoms with E-state index in [1.165, 1.54) is 225 Å². The van der Waals surface area contributed by atoms with Gasteiger partial charge in [-0.1, -0.05) is 376 Å². The Labute approximate surface area is 626 Å². The molecule has 0 saturated heterocycles. The second-order valence-corrected chi connectivity index (χ2v) is 34.4. The first-order valence-electron chi connectivity index (χ1n) is 42.7. The van der Waals surface area contributed by atoms with Crippen molar-refractivity contribution in [2.24, 2.45) is 23.7 Å². The molecule has 0 aromatic heterocycles. The average molecular weight is 1490 g/mol. The molecule has 0 aromatic carbocycles. The van der Waals surface area contributed by atoms with Gasteiger partial charge in [0.15, 0.2) is 12.2 Å². The van der Waals surface area contributed by atoms with Gasteiger partial charge in [-0.3, -0.25) is 37.3 Å². The number of phosphoric acid groups is 2. The Morgan fingerprint density at radius 2 is 0.471 bits per heavy atom. The maximum Gasteiger partial charge on any atom is 0.472 e. The summed E-state index contributed by atoms with van der Waals surface area (Å²) in [5.74, 6) is 1.03. The smallest absolute Gasteiger partial charge is 0.462 e. The van der Waals surface area contributed by atoms with Crippen molar-refractivity contribution in [2.45, 2.75) is 446 Å². The number of aliphatic hydroxyl groups is 1. The molecule has 0 saturated carbocycles. The molecular formula is C83H162O17P2. The Morgan fingerprint density at radius 1 is 0.275 bits per heavy atom. The Bertz CT molecular complexity index is 1990. The number of hydrogen-bond donors (Lipinski definition) is 3. The third-order valence-electron chi connectivity index (χ3n) is 19.7. The van der Waals surface area contributed by atoms with Crippen molar-refractivity contribution in [1.29, 1.82) is 0 Å². The molecule has 0 spiro atoms. The molecule has 19 heteroatoms. The first-order valence-corrected chi connectivity index (χ1v) is 45.7. The molecule has 0 aliphatic rings. The molecule has 0 radical (unpaired) electrons. The molecule has 6 atom stereocenters. The number of esters is 4. The van der Waals surface area contributed by atoms with Crippen LogP contribution in [0.15, 0.2) is 0 Å². The summed E-state index contributed by atoms with van der Waals surface area (Å²) in [7, 11) is -9.93. The maximum absolute atomic E-state index is 13.1. The molecule has 4 unspecified atom stereocenters. The molecule has 0 aliphatic heterocycles. The maximum atomic E-state index is 13.1. The Hall–Kier alpha value is -1.94. The van der Waals surface area contributed by atoms with Gasteiger partial charge in [0.05, 0.1) is 26.4 Å². The third kappa shape index (κ3) is 74.9. The Balaban J connectivity index is 5.24. The van der Waals surface area contributed by atoms with E-state index in [4.69, 9.17) is 37.0 Å². The molecule has 0 aromatic rings. The minimum absolute atomic E-state index is 0.107. The zero-order valence-corrected chi connectivity index (χ0v) is 69.0. The lowest BCUT2D eigenvalue weighted by atomic mass is 9.99. The number of rotatable bonds is 80. The van der Waals surface area contributed by atoms with Gasteiger partial charge in [-0.25, -0.2) is 9.13 Å². The fraction of sp³-hybridized carbons (Fsp3) is 0.952. The standard InChI is InChI=1S/C83H162O17P2/c1-9-76(8)62-54-46-38-30-24-18-13-14-19-25-31-39-47-55-63-80(85)93-69-78(99-82(87)66-58-50-41-33-27-21-15-17-23-29-36-44-52-60-74(4)5)71-97-101(89,90)95-67-77(84)68-96-102(91,92)98-72-79(70-94-81(86)64-56-48-42-34-37-45-53-61-75(6)7)100-83(88)65-57-49-40-32-26-20-12-10-11-16-22-28-35-43-51-59-73(2)3/h73-79,84H,9-72H2,1-8H3,(H,89,90)(H,91,92)/t76?,77?,78-,79-/m1/s1. The van der Waals surface area contributed by atoms with E-state index in [2.05, 4.69) is 55.4 Å². The molecule has 0 amide bonds. The molecular weight excluding hydrogens is 1330 g/mol. The van der Waals surface area contributed by atoms with Gasteiger partial charge in [-0.2, -0.15) is 0 Å². The van der Waals surface area contributed by atoms with E-state index in [9.17, 15) is 43.2 Å². The van der Waals surface area contributed by atoms with E-state index < -0.39 is 97.5 Å². The van der Waals surface area contributed by atoms with Crippen molar-refractivity contribution in [3.63, 3.8) is 0 Å². The van der Waals surface area contributed by atoms with Gasteiger partial charge in [0, 0.05) is 25.7 Å². The van der Waals surface area contributed by atoms with Crippen LogP contribution in [-0.2, 0) is 65.4 Å². The summed E-state index contributed by atoms with van der Waals surface area (Å²) in [4.78, 5) is 73.1. The molecule has 102 heavy (non-hydrogen) atoms. The fourth-order valence-electron chi connectivity index (χ4n) is 12.8. The average Bonchev–Trinajstić information content (AvgIpc) is 0.941. The van der Waals surface area contributed by atoms with E-state index in [1.54, 1.807) is 0 Å². The summed E-state index contributed by atoms with van der Waals surface area (Å²) >= 11 is 0. The summed E-state index contributed by atoms with van der Waals surface area (Å²) in [6, 6.07) is 0. The minimum Gasteiger partial charge on any atom is -0.462 e. The first-order chi connectivity index (χ1) is 49.1. The van der Waals surface area contributed by atoms with Crippen molar-refractivity contribution < 1.29 is 80.2 Å². The monoisotopic (exact) mass is 1490 g/mol. The number of ether oxygens (including phenoxy) is 4. The van der Waals surface area contributed by atoms with Crippen LogP contribution in [0.1, 0.15) is 428 Å².